The lowest BCUT2D eigenvalue weighted by Gasteiger charge is -2.27. The van der Waals surface area contributed by atoms with Gasteiger partial charge in [0.05, 0.1) is 0 Å². The molecule has 1 saturated carbocycles. The Balaban J connectivity index is 2.16. The third-order valence-electron chi connectivity index (χ3n) is 3.53. The Kier molecular flexibility index (Phi) is 3.94. The van der Waals surface area contributed by atoms with Crippen molar-refractivity contribution in [2.45, 2.75) is 64.0 Å². The molecule has 1 N–H and O–H groups in total. The summed E-state index contributed by atoms with van der Waals surface area (Å²) < 4.78 is 28.1. The summed E-state index contributed by atoms with van der Waals surface area (Å²) in [6.45, 7) is 2.60. The highest BCUT2D eigenvalue weighted by molar-refractivity contribution is 5.04. The Morgan fingerprint density at radius 3 is 2.56 bits per heavy atom. The van der Waals surface area contributed by atoms with Gasteiger partial charge in [-0.2, -0.15) is 0 Å². The van der Waals surface area contributed by atoms with Crippen LogP contribution in [0, 0.1) is 0 Å². The Morgan fingerprint density at radius 1 is 1.33 bits per heavy atom. The summed E-state index contributed by atoms with van der Waals surface area (Å²) in [7, 11) is 0. The predicted octanol–water partition coefficient (Wildman–Crippen LogP) is 2.47. The first-order chi connectivity index (χ1) is 8.57. The molecule has 0 atom stereocenters. The second-order valence-corrected chi connectivity index (χ2v) is 4.91. The molecule has 0 amide bonds. The van der Waals surface area contributed by atoms with Crippen LogP contribution in [0.25, 0.3) is 0 Å². The lowest BCUT2D eigenvalue weighted by Crippen LogP contribution is -2.25. The lowest BCUT2D eigenvalue weighted by atomic mass is 9.86. The molecule has 1 aromatic heterocycles. The summed E-state index contributed by atoms with van der Waals surface area (Å²) >= 11 is 0. The van der Waals surface area contributed by atoms with Crippen molar-refractivity contribution in [3.05, 3.63) is 11.6 Å². The van der Waals surface area contributed by atoms with Crippen LogP contribution in [0.4, 0.5) is 8.78 Å². The minimum absolute atomic E-state index is 0.0453. The normalized spacial score (nSPS) is 20.2. The van der Waals surface area contributed by atoms with E-state index in [4.69, 9.17) is 0 Å². The van der Waals surface area contributed by atoms with E-state index in [1.165, 1.54) is 0 Å². The van der Waals surface area contributed by atoms with Crippen LogP contribution in [0.2, 0.25) is 0 Å². The molecule has 6 heteroatoms. The molecule has 0 aliphatic heterocycles. The standard InChI is InChI=1S/C12H19F2N3O/c1-2-7-17-10(8-18)15-16-11(17)9-3-5-12(13,14)6-4-9/h9,18H,2-8H2,1H3. The number of rotatable bonds is 4. The van der Waals surface area contributed by atoms with Gasteiger partial charge in [-0.1, -0.05) is 6.92 Å². The van der Waals surface area contributed by atoms with Crippen LogP contribution in [-0.4, -0.2) is 25.8 Å². The Labute approximate surface area is 105 Å². The predicted molar refractivity (Wildman–Crippen MR) is 62.4 cm³/mol. The van der Waals surface area contributed by atoms with E-state index in [9.17, 15) is 13.9 Å². The van der Waals surface area contributed by atoms with E-state index in [0.29, 0.717) is 18.7 Å². The van der Waals surface area contributed by atoms with Crippen molar-refractivity contribution in [1.82, 2.24) is 14.8 Å². The van der Waals surface area contributed by atoms with Gasteiger partial charge < -0.3 is 9.67 Å². The first-order valence-electron chi connectivity index (χ1n) is 6.48. The molecule has 102 valence electrons. The van der Waals surface area contributed by atoms with Crippen molar-refractivity contribution >= 4 is 0 Å². The highest BCUT2D eigenvalue weighted by atomic mass is 19.3. The van der Waals surface area contributed by atoms with E-state index in [-0.39, 0.29) is 25.4 Å². The summed E-state index contributed by atoms with van der Waals surface area (Å²) in [5, 5.41) is 17.2. The van der Waals surface area contributed by atoms with E-state index < -0.39 is 5.92 Å². The molecular formula is C12H19F2N3O. The summed E-state index contributed by atoms with van der Waals surface area (Å²) in [4.78, 5) is 0. The fourth-order valence-electron chi connectivity index (χ4n) is 2.53. The molecule has 0 saturated heterocycles. The zero-order valence-corrected chi connectivity index (χ0v) is 10.6. The second kappa shape index (κ2) is 5.30. The monoisotopic (exact) mass is 259 g/mol. The summed E-state index contributed by atoms with van der Waals surface area (Å²) in [6, 6.07) is 0. The van der Waals surface area contributed by atoms with Crippen molar-refractivity contribution in [3.63, 3.8) is 0 Å². The zero-order valence-electron chi connectivity index (χ0n) is 10.6. The van der Waals surface area contributed by atoms with Crippen molar-refractivity contribution in [3.8, 4) is 0 Å². The van der Waals surface area contributed by atoms with Crippen LogP contribution < -0.4 is 0 Å². The van der Waals surface area contributed by atoms with Gasteiger partial charge in [-0.05, 0) is 19.3 Å². The van der Waals surface area contributed by atoms with Crippen molar-refractivity contribution in [2.24, 2.45) is 0 Å². The molecule has 18 heavy (non-hydrogen) atoms. The third-order valence-corrected chi connectivity index (χ3v) is 3.53. The van der Waals surface area contributed by atoms with E-state index in [1.54, 1.807) is 0 Å². The SMILES string of the molecule is CCCn1c(CO)nnc1C1CCC(F)(F)CC1. The smallest absolute Gasteiger partial charge is 0.248 e. The molecule has 0 unspecified atom stereocenters. The molecule has 1 fully saturated rings. The minimum Gasteiger partial charge on any atom is -0.388 e. The number of aliphatic hydroxyl groups is 1. The van der Waals surface area contributed by atoms with E-state index in [2.05, 4.69) is 10.2 Å². The number of nitrogens with zero attached hydrogens (tertiary/aromatic N) is 3. The van der Waals surface area contributed by atoms with Crippen molar-refractivity contribution in [2.75, 3.05) is 0 Å². The average Bonchev–Trinajstić information content (AvgIpc) is 2.73. The number of hydrogen-bond acceptors (Lipinski definition) is 3. The zero-order chi connectivity index (χ0) is 13.2. The minimum atomic E-state index is -2.52. The van der Waals surface area contributed by atoms with Crippen LogP contribution in [0.3, 0.4) is 0 Å². The molecule has 0 bridgehead atoms. The molecule has 4 nitrogen and oxygen atoms in total. The molecule has 2 rings (SSSR count). The van der Waals surface area contributed by atoms with Crippen LogP contribution in [0.1, 0.15) is 56.6 Å². The Hall–Kier alpha value is -1.04. The molecule has 0 spiro atoms. The first-order valence-corrected chi connectivity index (χ1v) is 6.48. The number of halogens is 2. The number of aliphatic hydroxyl groups excluding tert-OH is 1. The first kappa shape index (κ1) is 13.4. The summed E-state index contributed by atoms with van der Waals surface area (Å²) in [5.41, 5.74) is 0. The van der Waals surface area contributed by atoms with E-state index >= 15 is 0 Å². The van der Waals surface area contributed by atoms with Gasteiger partial charge in [0.2, 0.25) is 5.92 Å². The average molecular weight is 259 g/mol. The van der Waals surface area contributed by atoms with Gasteiger partial charge >= 0.3 is 0 Å². The molecule has 1 aliphatic carbocycles. The van der Waals surface area contributed by atoms with Gasteiger partial charge in [0.1, 0.15) is 12.4 Å². The largest absolute Gasteiger partial charge is 0.388 e. The van der Waals surface area contributed by atoms with Gasteiger partial charge in [0.15, 0.2) is 5.82 Å². The molecule has 1 aromatic rings. The fourth-order valence-corrected chi connectivity index (χ4v) is 2.53. The van der Waals surface area contributed by atoms with Gasteiger partial charge in [0, 0.05) is 25.3 Å². The highest BCUT2D eigenvalue weighted by Gasteiger charge is 2.37. The maximum atomic E-state index is 13.1. The van der Waals surface area contributed by atoms with Gasteiger partial charge in [-0.15, -0.1) is 10.2 Å². The van der Waals surface area contributed by atoms with Crippen LogP contribution >= 0.6 is 0 Å². The van der Waals surface area contributed by atoms with Gasteiger partial charge in [-0.3, -0.25) is 0 Å². The van der Waals surface area contributed by atoms with Crippen LogP contribution in [-0.2, 0) is 13.2 Å². The number of hydrogen-bond donors (Lipinski definition) is 1. The van der Waals surface area contributed by atoms with Crippen LogP contribution in [0.15, 0.2) is 0 Å². The number of aromatic nitrogens is 3. The maximum absolute atomic E-state index is 13.1. The second-order valence-electron chi connectivity index (χ2n) is 4.91. The third kappa shape index (κ3) is 2.68. The van der Waals surface area contributed by atoms with E-state index in [0.717, 1.165) is 18.8 Å². The molecule has 0 radical (unpaired) electrons. The molecule has 0 aromatic carbocycles. The highest BCUT2D eigenvalue weighted by Crippen LogP contribution is 2.40. The fraction of sp³-hybridized carbons (Fsp3) is 0.833. The molecule has 1 heterocycles. The summed E-state index contributed by atoms with van der Waals surface area (Å²) in [6.07, 6.45) is 1.64. The van der Waals surface area contributed by atoms with Gasteiger partial charge in [0.25, 0.3) is 0 Å². The summed E-state index contributed by atoms with van der Waals surface area (Å²) in [5.74, 6) is -1.18. The maximum Gasteiger partial charge on any atom is 0.248 e. The van der Waals surface area contributed by atoms with E-state index in [1.807, 2.05) is 11.5 Å². The van der Waals surface area contributed by atoms with Crippen LogP contribution in [0.5, 0.6) is 0 Å². The topological polar surface area (TPSA) is 50.9 Å². The lowest BCUT2D eigenvalue weighted by molar-refractivity contribution is -0.0390. The molecule has 1 aliphatic rings. The number of alkyl halides is 2. The van der Waals surface area contributed by atoms with Crippen molar-refractivity contribution in [1.29, 1.82) is 0 Å². The Bertz CT molecular complexity index is 396. The van der Waals surface area contributed by atoms with Crippen molar-refractivity contribution < 1.29 is 13.9 Å². The molecular weight excluding hydrogens is 240 g/mol. The Morgan fingerprint density at radius 2 is 2.00 bits per heavy atom. The van der Waals surface area contributed by atoms with Gasteiger partial charge in [-0.25, -0.2) is 8.78 Å². The quantitative estimate of drug-likeness (QED) is 0.903.